The van der Waals surface area contributed by atoms with Crippen LogP contribution < -0.4 is 4.72 Å². The Balaban J connectivity index is 1.33. The van der Waals surface area contributed by atoms with E-state index in [9.17, 15) is 26.0 Å². The fourth-order valence-electron chi connectivity index (χ4n) is 4.25. The maximum absolute atomic E-state index is 14.6. The van der Waals surface area contributed by atoms with E-state index >= 15 is 0 Å². The summed E-state index contributed by atoms with van der Waals surface area (Å²) in [5.74, 6) is -1.15. The van der Waals surface area contributed by atoms with Gasteiger partial charge in [0.2, 0.25) is 15.0 Å². The first kappa shape index (κ1) is 23.0. The molecule has 1 aromatic carbocycles. The predicted molar refractivity (Wildman–Crippen MR) is 116 cm³/mol. The summed E-state index contributed by atoms with van der Waals surface area (Å²) in [7, 11) is -4.29. The minimum Gasteiger partial charge on any atom is -0.384 e. The van der Waals surface area contributed by atoms with E-state index in [1.165, 1.54) is 11.0 Å². The van der Waals surface area contributed by atoms with Crippen molar-refractivity contribution in [3.63, 3.8) is 0 Å². The van der Waals surface area contributed by atoms with E-state index in [2.05, 4.69) is 14.9 Å². The molecule has 2 fully saturated rings. The van der Waals surface area contributed by atoms with Crippen molar-refractivity contribution in [2.24, 2.45) is 5.16 Å². The maximum Gasteiger partial charge on any atom is 0.247 e. The molecule has 1 aromatic heterocycles. The first-order valence-corrected chi connectivity index (χ1v) is 12.3. The number of oxime groups is 1. The third-order valence-electron chi connectivity index (χ3n) is 6.29. The van der Waals surface area contributed by atoms with Crippen LogP contribution in [0.2, 0.25) is 0 Å². The van der Waals surface area contributed by atoms with Crippen molar-refractivity contribution in [3.8, 4) is 11.1 Å². The van der Waals surface area contributed by atoms with Crippen LogP contribution in [0.25, 0.3) is 11.1 Å². The van der Waals surface area contributed by atoms with Gasteiger partial charge < -0.3 is 9.74 Å². The van der Waals surface area contributed by atoms with Crippen LogP contribution in [-0.2, 0) is 14.9 Å². The molecule has 0 amide bonds. The Morgan fingerprint density at radius 1 is 1.21 bits per heavy atom. The highest BCUT2D eigenvalue weighted by Gasteiger charge is 2.57. The van der Waals surface area contributed by atoms with Crippen molar-refractivity contribution in [1.29, 1.82) is 0 Å². The highest BCUT2D eigenvalue weighted by atomic mass is 32.2. The summed E-state index contributed by atoms with van der Waals surface area (Å²) in [6.07, 6.45) is -0.877. The largest absolute Gasteiger partial charge is 0.384 e. The van der Waals surface area contributed by atoms with Crippen LogP contribution in [0, 0.1) is 18.6 Å². The van der Waals surface area contributed by atoms with E-state index in [-0.39, 0.29) is 49.2 Å². The van der Waals surface area contributed by atoms with Crippen LogP contribution >= 0.6 is 0 Å². The third-order valence-corrected chi connectivity index (χ3v) is 8.27. The quantitative estimate of drug-likeness (QED) is 0.638. The molecule has 1 saturated heterocycles. The first-order chi connectivity index (χ1) is 16.1. The average Bonchev–Trinajstić information content (AvgIpc) is 3.20. The van der Waals surface area contributed by atoms with Gasteiger partial charge in [0.15, 0.2) is 6.10 Å². The van der Waals surface area contributed by atoms with E-state index < -0.39 is 45.0 Å². The van der Waals surface area contributed by atoms with E-state index in [4.69, 9.17) is 4.84 Å². The Morgan fingerprint density at radius 2 is 1.91 bits per heavy atom. The molecule has 0 bridgehead atoms. The zero-order chi connectivity index (χ0) is 24.3. The van der Waals surface area contributed by atoms with Gasteiger partial charge in [-0.1, -0.05) is 11.2 Å². The molecular formula is C22H22F4N4O3S. The highest BCUT2D eigenvalue weighted by Crippen LogP contribution is 2.44. The Hall–Kier alpha value is -2.73. The second kappa shape index (κ2) is 8.19. The number of hydrogen-bond acceptors (Lipinski definition) is 6. The Bertz CT molecular complexity index is 1250. The van der Waals surface area contributed by atoms with Gasteiger partial charge in [0.25, 0.3) is 0 Å². The molecule has 3 atom stereocenters. The molecule has 12 heteroatoms. The van der Waals surface area contributed by atoms with Gasteiger partial charge >= 0.3 is 0 Å². The van der Waals surface area contributed by atoms with Crippen LogP contribution in [0.4, 0.5) is 17.6 Å². The second-order valence-electron chi connectivity index (χ2n) is 8.88. The molecule has 1 aliphatic carbocycles. The lowest BCUT2D eigenvalue weighted by Gasteiger charge is -2.18. The van der Waals surface area contributed by atoms with Crippen molar-refractivity contribution < 1.29 is 30.8 Å². The summed E-state index contributed by atoms with van der Waals surface area (Å²) >= 11 is 0. The number of halogens is 4. The SMILES string of the molecule is Cc1cnc([C@@H]2CC(N3C[C@H](F)[C@H](NS(=O)(=O)C4(F)CC4)C3)=NO2)c(-c2c(F)cccc2F)c1. The molecule has 0 spiro atoms. The molecule has 0 unspecified atom stereocenters. The third kappa shape index (κ3) is 4.02. The number of nitrogens with one attached hydrogen (secondary N) is 1. The summed E-state index contributed by atoms with van der Waals surface area (Å²) in [6.45, 7) is 1.53. The molecule has 2 aromatic rings. The molecule has 3 aliphatic rings. The monoisotopic (exact) mass is 498 g/mol. The summed E-state index contributed by atoms with van der Waals surface area (Å²) in [4.78, 5) is 11.4. The lowest BCUT2D eigenvalue weighted by atomic mass is 9.97. The zero-order valence-electron chi connectivity index (χ0n) is 18.1. The number of likely N-dealkylation sites (tertiary alicyclic amines) is 1. The van der Waals surface area contributed by atoms with Crippen LogP contribution in [0.15, 0.2) is 35.6 Å². The smallest absolute Gasteiger partial charge is 0.247 e. The van der Waals surface area contributed by atoms with Crippen LogP contribution in [-0.4, -0.2) is 54.4 Å². The van der Waals surface area contributed by atoms with Gasteiger partial charge in [-0.15, -0.1) is 0 Å². The fraction of sp³-hybridized carbons (Fsp3) is 0.455. The van der Waals surface area contributed by atoms with Gasteiger partial charge in [0.05, 0.1) is 30.3 Å². The van der Waals surface area contributed by atoms with Crippen molar-refractivity contribution in [2.75, 3.05) is 13.1 Å². The molecule has 34 heavy (non-hydrogen) atoms. The average molecular weight is 499 g/mol. The molecule has 2 aliphatic heterocycles. The fourth-order valence-corrected chi connectivity index (χ4v) is 5.72. The summed E-state index contributed by atoms with van der Waals surface area (Å²) in [5, 5.41) is 1.68. The van der Waals surface area contributed by atoms with Crippen LogP contribution in [0.3, 0.4) is 0 Å². The Kier molecular flexibility index (Phi) is 5.55. The van der Waals surface area contributed by atoms with Gasteiger partial charge in [0.1, 0.15) is 23.6 Å². The number of rotatable bonds is 5. The lowest BCUT2D eigenvalue weighted by molar-refractivity contribution is 0.0828. The number of alkyl halides is 2. The molecule has 3 heterocycles. The number of nitrogens with zero attached hydrogens (tertiary/aromatic N) is 3. The van der Waals surface area contributed by atoms with Gasteiger partial charge in [-0.05, 0) is 30.7 Å². The standard InChI is InChI=1S/C22H22F4N4O3S/c1-12-7-13(20-14(23)3-2-4-15(20)24)21(27-9-12)18-8-19(28-33-18)30-10-16(25)17(11-30)29-34(31,32)22(26)5-6-22/h2-4,7,9,16-18,29H,5-6,8,10-11H2,1H3/t16-,17+,18-/m0/s1. The molecule has 7 nitrogen and oxygen atoms in total. The molecule has 1 saturated carbocycles. The van der Waals surface area contributed by atoms with Crippen LogP contribution in [0.1, 0.15) is 36.6 Å². The number of hydrogen-bond donors (Lipinski definition) is 1. The second-order valence-corrected chi connectivity index (χ2v) is 10.9. The molecule has 5 rings (SSSR count). The number of benzene rings is 1. The topological polar surface area (TPSA) is 83.9 Å². The summed E-state index contributed by atoms with van der Waals surface area (Å²) in [5.41, 5.74) is 0.960. The number of aryl methyl sites for hydroxylation is 1. The normalized spacial score (nSPS) is 25.9. The lowest BCUT2D eigenvalue weighted by Crippen LogP contribution is -2.45. The number of amidine groups is 1. The Morgan fingerprint density at radius 3 is 2.59 bits per heavy atom. The van der Waals surface area contributed by atoms with Crippen molar-refractivity contribution in [1.82, 2.24) is 14.6 Å². The minimum absolute atomic E-state index is 0.0541. The van der Waals surface area contributed by atoms with Crippen LogP contribution in [0.5, 0.6) is 0 Å². The van der Waals surface area contributed by atoms with Crippen molar-refractivity contribution >= 4 is 15.9 Å². The summed E-state index contributed by atoms with van der Waals surface area (Å²) in [6, 6.07) is 4.05. The molecular weight excluding hydrogens is 476 g/mol. The Labute approximate surface area is 193 Å². The van der Waals surface area contributed by atoms with Gasteiger partial charge in [-0.25, -0.2) is 30.7 Å². The molecule has 182 valence electrons. The number of aromatic nitrogens is 1. The van der Waals surface area contributed by atoms with Gasteiger partial charge in [-0.3, -0.25) is 4.98 Å². The number of pyridine rings is 1. The summed E-state index contributed by atoms with van der Waals surface area (Å²) < 4.78 is 84.1. The van der Waals surface area contributed by atoms with E-state index in [0.29, 0.717) is 11.4 Å². The van der Waals surface area contributed by atoms with Crippen molar-refractivity contribution in [2.45, 2.75) is 49.5 Å². The minimum atomic E-state index is -4.29. The first-order valence-electron chi connectivity index (χ1n) is 10.8. The maximum atomic E-state index is 14.6. The van der Waals surface area contributed by atoms with E-state index in [1.54, 1.807) is 19.2 Å². The van der Waals surface area contributed by atoms with E-state index in [0.717, 1.165) is 12.1 Å². The molecule has 0 radical (unpaired) electrons. The number of sulfonamides is 1. The molecule has 1 N–H and O–H groups in total. The highest BCUT2D eigenvalue weighted by molar-refractivity contribution is 7.91. The van der Waals surface area contributed by atoms with E-state index in [1.807, 2.05) is 0 Å². The van der Waals surface area contributed by atoms with Crippen molar-refractivity contribution in [3.05, 3.63) is 53.4 Å². The van der Waals surface area contributed by atoms with Gasteiger partial charge in [-0.2, -0.15) is 0 Å². The predicted octanol–water partition coefficient (Wildman–Crippen LogP) is 3.51. The zero-order valence-corrected chi connectivity index (χ0v) is 19.0. The van der Waals surface area contributed by atoms with Gasteiger partial charge in [0, 0.05) is 31.1 Å².